The summed E-state index contributed by atoms with van der Waals surface area (Å²) in [5.41, 5.74) is 0. The van der Waals surface area contributed by atoms with Gasteiger partial charge >= 0.3 is 12.0 Å². The summed E-state index contributed by atoms with van der Waals surface area (Å²) in [5.74, 6) is 0.519. The minimum atomic E-state index is -1.07. The molecule has 0 saturated heterocycles. The van der Waals surface area contributed by atoms with Crippen LogP contribution in [0.25, 0.3) is 0 Å². The van der Waals surface area contributed by atoms with Gasteiger partial charge in [0, 0.05) is 22.9 Å². The van der Waals surface area contributed by atoms with Crippen LogP contribution in [-0.2, 0) is 4.79 Å². The molecule has 1 aromatic heterocycles. The summed E-state index contributed by atoms with van der Waals surface area (Å²) in [4.78, 5) is 23.3. The smallest absolute Gasteiger partial charge is 0.331 e. The number of hydrogen-bond acceptors (Lipinski definition) is 4. The third-order valence-electron chi connectivity index (χ3n) is 2.12. The number of rotatable bonds is 8. The highest BCUT2D eigenvalue weighted by molar-refractivity contribution is 7.99. The molecule has 3 N–H and O–H groups in total. The van der Waals surface area contributed by atoms with Gasteiger partial charge in [0.25, 0.3) is 0 Å². The molecular formula is C12H16N2O3S2. The Balaban J connectivity index is 2.36. The average molecular weight is 300 g/mol. The Morgan fingerprint density at radius 3 is 2.95 bits per heavy atom. The van der Waals surface area contributed by atoms with Crippen LogP contribution < -0.4 is 10.6 Å². The second kappa shape index (κ2) is 8.60. The number of carboxylic acids is 1. The summed E-state index contributed by atoms with van der Waals surface area (Å²) in [5, 5.41) is 15.9. The van der Waals surface area contributed by atoms with Gasteiger partial charge in [0.15, 0.2) is 6.04 Å². The van der Waals surface area contributed by atoms with E-state index in [1.807, 2.05) is 0 Å². The Hall–Kier alpha value is -1.47. The molecule has 1 unspecified atom stereocenters. The predicted molar refractivity (Wildman–Crippen MR) is 78.8 cm³/mol. The molecule has 0 spiro atoms. The summed E-state index contributed by atoms with van der Waals surface area (Å²) in [7, 11) is 0. The first-order valence-electron chi connectivity index (χ1n) is 5.64. The van der Waals surface area contributed by atoms with Gasteiger partial charge in [-0.15, -0.1) is 17.9 Å². The topological polar surface area (TPSA) is 78.4 Å². The fourth-order valence-electron chi connectivity index (χ4n) is 1.30. The van der Waals surface area contributed by atoms with E-state index >= 15 is 0 Å². The van der Waals surface area contributed by atoms with Crippen molar-refractivity contribution in [2.75, 3.05) is 18.1 Å². The Kier molecular flexibility index (Phi) is 7.06. The molecule has 0 aliphatic rings. The van der Waals surface area contributed by atoms with E-state index in [1.165, 1.54) is 11.3 Å². The second-order valence-electron chi connectivity index (χ2n) is 3.55. The highest BCUT2D eigenvalue weighted by atomic mass is 32.2. The number of amides is 2. The maximum atomic E-state index is 11.6. The lowest BCUT2D eigenvalue weighted by Gasteiger charge is -2.13. The van der Waals surface area contributed by atoms with Crippen LogP contribution in [0, 0.1) is 0 Å². The molecule has 1 atom stereocenters. The molecule has 0 aliphatic heterocycles. The van der Waals surface area contributed by atoms with Crippen LogP contribution in [0.3, 0.4) is 0 Å². The first kappa shape index (κ1) is 15.6. The summed E-state index contributed by atoms with van der Waals surface area (Å²) in [6.45, 7) is 4.08. The van der Waals surface area contributed by atoms with Crippen LogP contribution in [0.1, 0.15) is 10.9 Å². The van der Waals surface area contributed by atoms with E-state index in [4.69, 9.17) is 5.11 Å². The zero-order valence-corrected chi connectivity index (χ0v) is 11.9. The molecule has 104 valence electrons. The number of nitrogens with one attached hydrogen (secondary N) is 2. The number of thioether (sulfide) groups is 1. The van der Waals surface area contributed by atoms with Gasteiger partial charge in [-0.3, -0.25) is 0 Å². The van der Waals surface area contributed by atoms with Crippen molar-refractivity contribution in [3.63, 3.8) is 0 Å². The lowest BCUT2D eigenvalue weighted by molar-refractivity contribution is -0.139. The van der Waals surface area contributed by atoms with Crippen LogP contribution in [0.2, 0.25) is 0 Å². The third-order valence-corrected chi connectivity index (χ3v) is 4.02. The molecule has 0 radical (unpaired) electrons. The molecule has 0 bridgehead atoms. The van der Waals surface area contributed by atoms with Gasteiger partial charge in [-0.1, -0.05) is 12.1 Å². The minimum Gasteiger partial charge on any atom is -0.479 e. The summed E-state index contributed by atoms with van der Waals surface area (Å²) < 4.78 is 0. The van der Waals surface area contributed by atoms with E-state index in [0.29, 0.717) is 11.4 Å². The lowest BCUT2D eigenvalue weighted by atomic mass is 10.2. The number of carboxylic acid groups (broad SMARTS) is 1. The van der Waals surface area contributed by atoms with Gasteiger partial charge in [0.1, 0.15) is 0 Å². The number of thiophene rings is 1. The zero-order chi connectivity index (χ0) is 14.1. The van der Waals surface area contributed by atoms with E-state index in [0.717, 1.165) is 11.5 Å². The molecule has 0 saturated carbocycles. The van der Waals surface area contributed by atoms with Crippen molar-refractivity contribution < 1.29 is 14.7 Å². The van der Waals surface area contributed by atoms with Crippen LogP contribution in [0.15, 0.2) is 30.2 Å². The Morgan fingerprint density at radius 1 is 1.58 bits per heavy atom. The molecule has 0 aliphatic carbocycles. The Labute approximate surface area is 120 Å². The van der Waals surface area contributed by atoms with Crippen molar-refractivity contribution in [3.05, 3.63) is 35.0 Å². The maximum absolute atomic E-state index is 11.6. The quantitative estimate of drug-likeness (QED) is 0.507. The average Bonchev–Trinajstić information content (AvgIpc) is 2.89. The van der Waals surface area contributed by atoms with Gasteiger partial charge < -0.3 is 15.7 Å². The Bertz CT molecular complexity index is 421. The fourth-order valence-corrected chi connectivity index (χ4v) is 2.64. The summed E-state index contributed by atoms with van der Waals surface area (Å²) in [6.07, 6.45) is 1.79. The van der Waals surface area contributed by atoms with E-state index < -0.39 is 18.0 Å². The third kappa shape index (κ3) is 5.80. The fraction of sp³-hybridized carbons (Fsp3) is 0.333. The van der Waals surface area contributed by atoms with Crippen LogP contribution in [0.4, 0.5) is 4.79 Å². The van der Waals surface area contributed by atoms with Gasteiger partial charge in [-0.25, -0.2) is 9.59 Å². The first-order valence-corrected chi connectivity index (χ1v) is 7.67. The number of carbonyl (C=O) groups is 2. The standard InChI is InChI=1S/C12H16N2O3S2/c1-2-6-18-8-5-13-12(17)14-10(11(15)16)9-4-3-7-19-9/h2-4,7,10H,1,5-6,8H2,(H,15,16)(H2,13,14,17). The van der Waals surface area contributed by atoms with E-state index in [9.17, 15) is 9.59 Å². The van der Waals surface area contributed by atoms with Crippen LogP contribution in [0.5, 0.6) is 0 Å². The SMILES string of the molecule is C=CCSCCNC(=O)NC(C(=O)O)c1cccs1. The van der Waals surface area contributed by atoms with Crippen molar-refractivity contribution in [1.29, 1.82) is 0 Å². The number of aliphatic carboxylic acids is 1. The molecule has 2 amide bonds. The van der Waals surface area contributed by atoms with Crippen molar-refractivity contribution in [3.8, 4) is 0 Å². The molecule has 19 heavy (non-hydrogen) atoms. The van der Waals surface area contributed by atoms with Crippen molar-refractivity contribution in [2.24, 2.45) is 0 Å². The normalized spacial score (nSPS) is 11.6. The summed E-state index contributed by atoms with van der Waals surface area (Å²) >= 11 is 2.94. The molecule has 1 aromatic rings. The molecule has 1 heterocycles. The van der Waals surface area contributed by atoms with Gasteiger partial charge in [0.2, 0.25) is 0 Å². The first-order chi connectivity index (χ1) is 9.15. The van der Waals surface area contributed by atoms with Crippen molar-refractivity contribution in [1.82, 2.24) is 10.6 Å². The minimum absolute atomic E-state index is 0.472. The van der Waals surface area contributed by atoms with Gasteiger partial charge in [-0.2, -0.15) is 11.8 Å². The maximum Gasteiger partial charge on any atom is 0.331 e. The monoisotopic (exact) mass is 300 g/mol. The largest absolute Gasteiger partial charge is 0.479 e. The van der Waals surface area contributed by atoms with Crippen LogP contribution >= 0.6 is 23.1 Å². The lowest BCUT2D eigenvalue weighted by Crippen LogP contribution is -2.41. The molecule has 5 nitrogen and oxygen atoms in total. The number of hydrogen-bond donors (Lipinski definition) is 3. The predicted octanol–water partition coefficient (Wildman–Crippen LogP) is 2.09. The highest BCUT2D eigenvalue weighted by Gasteiger charge is 2.22. The van der Waals surface area contributed by atoms with Crippen molar-refractivity contribution >= 4 is 35.1 Å². The molecule has 7 heteroatoms. The van der Waals surface area contributed by atoms with Crippen LogP contribution in [-0.4, -0.2) is 35.2 Å². The Morgan fingerprint density at radius 2 is 2.37 bits per heavy atom. The molecular weight excluding hydrogens is 284 g/mol. The van der Waals surface area contributed by atoms with Gasteiger partial charge in [-0.05, 0) is 11.4 Å². The van der Waals surface area contributed by atoms with E-state index in [-0.39, 0.29) is 0 Å². The molecule has 0 fully saturated rings. The summed E-state index contributed by atoms with van der Waals surface area (Å²) in [6, 6.07) is 1.96. The zero-order valence-electron chi connectivity index (χ0n) is 10.3. The molecule has 1 rings (SSSR count). The van der Waals surface area contributed by atoms with E-state index in [2.05, 4.69) is 17.2 Å². The number of carbonyl (C=O) groups excluding carboxylic acids is 1. The van der Waals surface area contributed by atoms with Crippen molar-refractivity contribution in [2.45, 2.75) is 6.04 Å². The van der Waals surface area contributed by atoms with E-state index in [1.54, 1.807) is 35.4 Å². The van der Waals surface area contributed by atoms with Gasteiger partial charge in [0.05, 0.1) is 0 Å². The number of urea groups is 1. The highest BCUT2D eigenvalue weighted by Crippen LogP contribution is 2.18. The second-order valence-corrected chi connectivity index (χ2v) is 5.68. The molecule has 0 aromatic carbocycles.